The summed E-state index contributed by atoms with van der Waals surface area (Å²) in [6, 6.07) is 5.41. The normalized spacial score (nSPS) is 10.3. The van der Waals surface area contributed by atoms with Crippen molar-refractivity contribution in [2.24, 2.45) is 0 Å². The number of nitrogens with one attached hydrogen (secondary N) is 2. The highest BCUT2D eigenvalue weighted by atomic mass is 35.5. The van der Waals surface area contributed by atoms with Crippen LogP contribution in [0.4, 0.5) is 0 Å². The fourth-order valence-electron chi connectivity index (χ4n) is 1.58. The Morgan fingerprint density at radius 3 is 2.90 bits per heavy atom. The largest absolute Gasteiger partial charge is 0.483 e. The van der Waals surface area contributed by atoms with Crippen LogP contribution in [0, 0.1) is 0 Å². The number of methoxy groups -OCH3 is 1. The molecule has 0 aliphatic carbocycles. The Morgan fingerprint density at radius 1 is 1.40 bits per heavy atom. The summed E-state index contributed by atoms with van der Waals surface area (Å²) >= 11 is 6.15. The molecule has 2 N–H and O–H groups in total. The molecule has 20 heavy (non-hydrogen) atoms. The van der Waals surface area contributed by atoms with Crippen LogP contribution in [0.3, 0.4) is 0 Å². The predicted octanol–water partition coefficient (Wildman–Crippen LogP) is 1.59. The van der Waals surface area contributed by atoms with Gasteiger partial charge in [-0.2, -0.15) is 0 Å². The van der Waals surface area contributed by atoms with Gasteiger partial charge in [0, 0.05) is 30.8 Å². The van der Waals surface area contributed by atoms with Gasteiger partial charge in [-0.3, -0.25) is 4.79 Å². The number of amides is 1. The molecule has 1 aromatic carbocycles. The van der Waals surface area contributed by atoms with Crippen LogP contribution in [0.2, 0.25) is 5.02 Å². The second kappa shape index (κ2) is 9.58. The number of carbonyl (C=O) groups excluding carboxylic acids is 1. The molecule has 1 aromatic rings. The third-order valence-corrected chi connectivity index (χ3v) is 2.97. The molecule has 0 fully saturated rings. The Hall–Kier alpha value is -1.30. The zero-order valence-corrected chi connectivity index (χ0v) is 12.6. The molecule has 0 radical (unpaired) electrons. The monoisotopic (exact) mass is 300 g/mol. The molecule has 0 heterocycles. The average Bonchev–Trinajstić information content (AvgIpc) is 2.44. The number of ether oxygens (including phenoxy) is 2. The molecule has 0 saturated heterocycles. The van der Waals surface area contributed by atoms with Crippen LogP contribution in [0.25, 0.3) is 0 Å². The molecule has 0 spiro atoms. The first kappa shape index (κ1) is 16.8. The summed E-state index contributed by atoms with van der Waals surface area (Å²) in [7, 11) is 1.58. The Bertz CT molecular complexity index is 427. The molecule has 6 heteroatoms. The van der Waals surface area contributed by atoms with Crippen molar-refractivity contribution in [3.05, 3.63) is 28.8 Å². The minimum atomic E-state index is -0.184. The van der Waals surface area contributed by atoms with Gasteiger partial charge in [0.1, 0.15) is 5.75 Å². The molecule has 5 nitrogen and oxygen atoms in total. The zero-order valence-electron chi connectivity index (χ0n) is 11.9. The molecule has 0 unspecified atom stereocenters. The maximum Gasteiger partial charge on any atom is 0.258 e. The Balaban J connectivity index is 2.54. The Morgan fingerprint density at radius 2 is 2.20 bits per heavy atom. The summed E-state index contributed by atoms with van der Waals surface area (Å²) in [5.41, 5.74) is 0.862. The van der Waals surface area contributed by atoms with Crippen LogP contribution in [0.15, 0.2) is 18.2 Å². The van der Waals surface area contributed by atoms with E-state index in [4.69, 9.17) is 21.1 Å². The van der Waals surface area contributed by atoms with Gasteiger partial charge in [-0.15, -0.1) is 0 Å². The van der Waals surface area contributed by atoms with Crippen molar-refractivity contribution in [2.45, 2.75) is 13.5 Å². The number of halogens is 1. The van der Waals surface area contributed by atoms with Crippen LogP contribution in [0.1, 0.15) is 12.5 Å². The average molecular weight is 301 g/mol. The van der Waals surface area contributed by atoms with E-state index in [0.717, 1.165) is 12.1 Å². The molecule has 0 aliphatic heterocycles. The summed E-state index contributed by atoms with van der Waals surface area (Å²) in [6.07, 6.45) is 0. The summed E-state index contributed by atoms with van der Waals surface area (Å²) in [6.45, 7) is 4.37. The van der Waals surface area contributed by atoms with Gasteiger partial charge in [-0.1, -0.05) is 24.6 Å². The summed E-state index contributed by atoms with van der Waals surface area (Å²) in [5, 5.41) is 6.52. The third-order valence-electron chi connectivity index (χ3n) is 2.61. The molecular formula is C14H21ClN2O3. The number of hydrogen-bond acceptors (Lipinski definition) is 4. The van der Waals surface area contributed by atoms with E-state index in [9.17, 15) is 4.79 Å². The minimum Gasteiger partial charge on any atom is -0.483 e. The maximum absolute atomic E-state index is 11.6. The van der Waals surface area contributed by atoms with Crippen LogP contribution in [-0.4, -0.2) is 39.3 Å². The van der Waals surface area contributed by atoms with Crippen molar-refractivity contribution in [1.82, 2.24) is 10.6 Å². The second-order valence-electron chi connectivity index (χ2n) is 4.13. The van der Waals surface area contributed by atoms with Gasteiger partial charge in [0.25, 0.3) is 5.91 Å². The fourth-order valence-corrected chi connectivity index (χ4v) is 1.82. The van der Waals surface area contributed by atoms with E-state index in [1.165, 1.54) is 0 Å². The lowest BCUT2D eigenvalue weighted by Crippen LogP contribution is -2.31. The first-order valence-corrected chi connectivity index (χ1v) is 6.93. The van der Waals surface area contributed by atoms with E-state index >= 15 is 0 Å². The molecule has 0 aliphatic rings. The number of rotatable bonds is 9. The fraction of sp³-hybridized carbons (Fsp3) is 0.500. The zero-order chi connectivity index (χ0) is 14.8. The lowest BCUT2D eigenvalue weighted by Gasteiger charge is -2.13. The van der Waals surface area contributed by atoms with Crippen molar-refractivity contribution in [2.75, 3.05) is 33.4 Å². The standard InChI is InChI=1S/C14H21ClN2O3/c1-3-16-9-11-12(15)5-4-6-13(11)20-10-14(18)17-7-8-19-2/h4-6,16H,3,7-10H2,1-2H3,(H,17,18). The smallest absolute Gasteiger partial charge is 0.258 e. The minimum absolute atomic E-state index is 0.0385. The SMILES string of the molecule is CCNCc1c(Cl)cccc1OCC(=O)NCCOC. The molecule has 1 rings (SSSR count). The lowest BCUT2D eigenvalue weighted by atomic mass is 10.2. The highest BCUT2D eigenvalue weighted by molar-refractivity contribution is 6.31. The number of hydrogen-bond donors (Lipinski definition) is 2. The Labute approximate surface area is 124 Å². The Kier molecular flexibility index (Phi) is 8.02. The summed E-state index contributed by atoms with van der Waals surface area (Å²) < 4.78 is 10.4. The van der Waals surface area contributed by atoms with Gasteiger partial charge < -0.3 is 20.1 Å². The van der Waals surface area contributed by atoms with Gasteiger partial charge in [-0.05, 0) is 18.7 Å². The summed E-state index contributed by atoms with van der Waals surface area (Å²) in [5.74, 6) is 0.441. The maximum atomic E-state index is 11.6. The van der Waals surface area contributed by atoms with Crippen molar-refractivity contribution in [1.29, 1.82) is 0 Å². The van der Waals surface area contributed by atoms with Crippen LogP contribution in [0.5, 0.6) is 5.75 Å². The quantitative estimate of drug-likeness (QED) is 0.680. The molecular weight excluding hydrogens is 280 g/mol. The van der Waals surface area contributed by atoms with Gasteiger partial charge in [0.05, 0.1) is 6.61 Å². The van der Waals surface area contributed by atoms with Crippen LogP contribution >= 0.6 is 11.6 Å². The van der Waals surface area contributed by atoms with Crippen molar-refractivity contribution in [3.63, 3.8) is 0 Å². The molecule has 0 bridgehead atoms. The van der Waals surface area contributed by atoms with Crippen molar-refractivity contribution in [3.8, 4) is 5.75 Å². The molecule has 0 atom stereocenters. The molecule has 0 saturated carbocycles. The van der Waals surface area contributed by atoms with E-state index in [1.54, 1.807) is 25.3 Å². The topological polar surface area (TPSA) is 59.6 Å². The first-order valence-electron chi connectivity index (χ1n) is 6.55. The second-order valence-corrected chi connectivity index (χ2v) is 4.54. The molecule has 0 aromatic heterocycles. The van der Waals surface area contributed by atoms with Crippen molar-refractivity contribution >= 4 is 17.5 Å². The van der Waals surface area contributed by atoms with E-state index < -0.39 is 0 Å². The molecule has 1 amide bonds. The highest BCUT2D eigenvalue weighted by Gasteiger charge is 2.09. The van der Waals surface area contributed by atoms with Crippen molar-refractivity contribution < 1.29 is 14.3 Å². The molecule has 112 valence electrons. The number of carbonyl (C=O) groups is 1. The van der Waals surface area contributed by atoms with Gasteiger partial charge in [0.15, 0.2) is 6.61 Å². The van der Waals surface area contributed by atoms with Crippen LogP contribution in [-0.2, 0) is 16.1 Å². The van der Waals surface area contributed by atoms with Crippen LogP contribution < -0.4 is 15.4 Å². The van der Waals surface area contributed by atoms with Gasteiger partial charge >= 0.3 is 0 Å². The van der Waals surface area contributed by atoms with Gasteiger partial charge in [0.2, 0.25) is 0 Å². The van der Waals surface area contributed by atoms with E-state index in [-0.39, 0.29) is 12.5 Å². The van der Waals surface area contributed by atoms with E-state index in [0.29, 0.717) is 30.5 Å². The third kappa shape index (κ3) is 5.77. The lowest BCUT2D eigenvalue weighted by molar-refractivity contribution is -0.123. The predicted molar refractivity (Wildman–Crippen MR) is 79.2 cm³/mol. The number of benzene rings is 1. The van der Waals surface area contributed by atoms with E-state index in [2.05, 4.69) is 10.6 Å². The van der Waals surface area contributed by atoms with E-state index in [1.807, 2.05) is 6.92 Å². The first-order chi connectivity index (χ1) is 9.69. The highest BCUT2D eigenvalue weighted by Crippen LogP contribution is 2.26. The summed E-state index contributed by atoms with van der Waals surface area (Å²) in [4.78, 5) is 11.6. The van der Waals surface area contributed by atoms with Gasteiger partial charge in [-0.25, -0.2) is 0 Å².